The Labute approximate surface area is 121 Å². The van der Waals surface area contributed by atoms with Crippen LogP contribution in [-0.2, 0) is 10.0 Å². The van der Waals surface area contributed by atoms with Crippen molar-refractivity contribution >= 4 is 31.6 Å². The molecule has 1 aromatic rings. The molecule has 0 atom stereocenters. The molecule has 0 spiro atoms. The molecule has 0 heterocycles. The fourth-order valence-corrected chi connectivity index (χ4v) is 3.39. The van der Waals surface area contributed by atoms with E-state index in [1.165, 1.54) is 6.07 Å². The van der Waals surface area contributed by atoms with Crippen LogP contribution in [0.4, 0.5) is 10.1 Å². The quantitative estimate of drug-likeness (QED) is 0.610. The van der Waals surface area contributed by atoms with E-state index in [0.717, 1.165) is 12.5 Å². The summed E-state index contributed by atoms with van der Waals surface area (Å²) in [5.41, 5.74) is 5.72. The molecule has 0 aliphatic carbocycles. The smallest absolute Gasteiger partial charge is 0.243 e. The summed E-state index contributed by atoms with van der Waals surface area (Å²) in [6.45, 7) is 4.40. The Morgan fingerprint density at radius 3 is 2.63 bits per heavy atom. The molecule has 0 saturated heterocycles. The minimum absolute atomic E-state index is 0.0371. The van der Waals surface area contributed by atoms with Crippen LogP contribution in [0.1, 0.15) is 26.7 Å². The number of rotatable bonds is 6. The number of halogens is 2. The molecule has 4 nitrogen and oxygen atoms in total. The van der Waals surface area contributed by atoms with Crippen molar-refractivity contribution in [2.24, 2.45) is 5.92 Å². The lowest BCUT2D eigenvalue weighted by molar-refractivity contribution is 0.532. The summed E-state index contributed by atoms with van der Waals surface area (Å²) >= 11 is 2.94. The molecule has 0 aliphatic heterocycles. The van der Waals surface area contributed by atoms with E-state index in [-0.39, 0.29) is 16.7 Å². The Morgan fingerprint density at radius 2 is 2.05 bits per heavy atom. The number of anilines is 1. The maximum absolute atomic E-state index is 13.8. The highest BCUT2D eigenvalue weighted by Crippen LogP contribution is 2.25. The van der Waals surface area contributed by atoms with Crippen LogP contribution >= 0.6 is 15.9 Å². The summed E-state index contributed by atoms with van der Waals surface area (Å²) in [6, 6.07) is 2.44. The van der Waals surface area contributed by atoms with Gasteiger partial charge in [-0.05, 0) is 46.8 Å². The van der Waals surface area contributed by atoms with Crippen LogP contribution < -0.4 is 10.5 Å². The summed E-state index contributed by atoms with van der Waals surface area (Å²) in [6.07, 6.45) is 1.62. The second kappa shape index (κ2) is 6.67. The average molecular weight is 353 g/mol. The van der Waals surface area contributed by atoms with Crippen LogP contribution in [0.15, 0.2) is 21.5 Å². The van der Waals surface area contributed by atoms with Crippen molar-refractivity contribution in [2.45, 2.75) is 31.6 Å². The summed E-state index contributed by atoms with van der Waals surface area (Å²) in [5, 5.41) is 0. The fraction of sp³-hybridized carbons (Fsp3) is 0.500. The molecule has 7 heteroatoms. The van der Waals surface area contributed by atoms with Gasteiger partial charge < -0.3 is 5.73 Å². The van der Waals surface area contributed by atoms with Gasteiger partial charge in [0.25, 0.3) is 0 Å². The third kappa shape index (κ3) is 4.74. The normalized spacial score (nSPS) is 12.1. The number of nitrogen functional groups attached to an aromatic ring is 1. The van der Waals surface area contributed by atoms with Gasteiger partial charge in [0, 0.05) is 12.2 Å². The predicted octanol–water partition coefficient (Wildman–Crippen LogP) is 2.88. The lowest BCUT2D eigenvalue weighted by Gasteiger charge is -2.10. The van der Waals surface area contributed by atoms with Crippen LogP contribution in [-0.4, -0.2) is 15.0 Å². The first-order valence-corrected chi connectivity index (χ1v) is 8.26. The second-order valence-electron chi connectivity index (χ2n) is 4.75. The summed E-state index contributed by atoms with van der Waals surface area (Å²) in [4.78, 5) is -0.427. The van der Waals surface area contributed by atoms with Gasteiger partial charge in [-0.25, -0.2) is 17.5 Å². The van der Waals surface area contributed by atoms with Gasteiger partial charge in [0.15, 0.2) is 5.82 Å². The van der Waals surface area contributed by atoms with Gasteiger partial charge in [-0.2, -0.15) is 0 Å². The highest BCUT2D eigenvalue weighted by atomic mass is 79.9. The zero-order valence-corrected chi connectivity index (χ0v) is 13.3. The lowest BCUT2D eigenvalue weighted by Crippen LogP contribution is -2.26. The molecule has 0 bridgehead atoms. The van der Waals surface area contributed by atoms with Crippen LogP contribution in [0.5, 0.6) is 0 Å². The van der Waals surface area contributed by atoms with Gasteiger partial charge in [-0.1, -0.05) is 13.8 Å². The van der Waals surface area contributed by atoms with Crippen molar-refractivity contribution in [1.29, 1.82) is 0 Å². The molecule has 0 aromatic heterocycles. The number of sulfonamides is 1. The van der Waals surface area contributed by atoms with Crippen LogP contribution in [0.25, 0.3) is 0 Å². The fourth-order valence-electron chi connectivity index (χ4n) is 1.57. The predicted molar refractivity (Wildman–Crippen MR) is 77.8 cm³/mol. The third-order valence-electron chi connectivity index (χ3n) is 2.56. The number of hydrogen-bond donors (Lipinski definition) is 2. The Hall–Kier alpha value is -0.660. The molecule has 19 heavy (non-hydrogen) atoms. The van der Waals surface area contributed by atoms with E-state index >= 15 is 0 Å². The molecule has 0 radical (unpaired) electrons. The molecule has 3 N–H and O–H groups in total. The minimum Gasteiger partial charge on any atom is -0.399 e. The maximum atomic E-state index is 13.8. The van der Waals surface area contributed by atoms with Crippen molar-refractivity contribution in [2.75, 3.05) is 12.3 Å². The first-order chi connectivity index (χ1) is 8.74. The van der Waals surface area contributed by atoms with Crippen molar-refractivity contribution in [3.63, 3.8) is 0 Å². The van der Waals surface area contributed by atoms with Gasteiger partial charge in [0.1, 0.15) is 4.90 Å². The second-order valence-corrected chi connectivity index (χ2v) is 7.34. The largest absolute Gasteiger partial charge is 0.399 e. The van der Waals surface area contributed by atoms with Crippen LogP contribution in [0.3, 0.4) is 0 Å². The van der Waals surface area contributed by atoms with Crippen molar-refractivity contribution in [3.05, 3.63) is 22.4 Å². The highest BCUT2D eigenvalue weighted by molar-refractivity contribution is 9.10. The Bertz CT molecular complexity index is 547. The van der Waals surface area contributed by atoms with Gasteiger partial charge in [-0.15, -0.1) is 0 Å². The van der Waals surface area contributed by atoms with Crippen LogP contribution in [0, 0.1) is 11.7 Å². The first kappa shape index (κ1) is 16.4. The van der Waals surface area contributed by atoms with Gasteiger partial charge >= 0.3 is 0 Å². The molecule has 0 saturated carbocycles. The van der Waals surface area contributed by atoms with Gasteiger partial charge in [0.05, 0.1) is 4.47 Å². The Kier molecular flexibility index (Phi) is 5.76. The summed E-state index contributed by atoms with van der Waals surface area (Å²) in [5.74, 6) is -0.326. The molecule has 1 aromatic carbocycles. The SMILES string of the molecule is CC(C)CCCNS(=O)(=O)c1cc(N)cc(Br)c1F. The molecule has 0 unspecified atom stereocenters. The molecule has 0 fully saturated rings. The van der Waals surface area contributed by atoms with Crippen molar-refractivity contribution in [1.82, 2.24) is 4.72 Å². The van der Waals surface area contributed by atoms with E-state index in [4.69, 9.17) is 5.73 Å². The van der Waals surface area contributed by atoms with E-state index in [0.29, 0.717) is 12.3 Å². The third-order valence-corrected chi connectivity index (χ3v) is 4.59. The van der Waals surface area contributed by atoms with E-state index in [9.17, 15) is 12.8 Å². The Balaban J connectivity index is 2.83. The highest BCUT2D eigenvalue weighted by Gasteiger charge is 2.21. The van der Waals surface area contributed by atoms with Gasteiger partial charge in [-0.3, -0.25) is 0 Å². The molecular weight excluding hydrogens is 335 g/mol. The van der Waals surface area contributed by atoms with E-state index in [1.54, 1.807) is 0 Å². The molecule has 0 amide bonds. The topological polar surface area (TPSA) is 72.2 Å². The summed E-state index contributed by atoms with van der Waals surface area (Å²) in [7, 11) is -3.87. The van der Waals surface area contributed by atoms with Crippen LogP contribution in [0.2, 0.25) is 0 Å². The Morgan fingerprint density at radius 1 is 1.42 bits per heavy atom. The van der Waals surface area contributed by atoms with Gasteiger partial charge in [0.2, 0.25) is 10.0 Å². The zero-order valence-electron chi connectivity index (χ0n) is 10.9. The average Bonchev–Trinajstić information content (AvgIpc) is 2.29. The number of benzene rings is 1. The first-order valence-electron chi connectivity index (χ1n) is 5.98. The number of hydrogen-bond acceptors (Lipinski definition) is 3. The van der Waals surface area contributed by atoms with Crippen molar-refractivity contribution in [3.8, 4) is 0 Å². The number of nitrogens with one attached hydrogen (secondary N) is 1. The lowest BCUT2D eigenvalue weighted by atomic mass is 10.1. The zero-order chi connectivity index (χ0) is 14.6. The van der Waals surface area contributed by atoms with Crippen molar-refractivity contribution < 1.29 is 12.8 Å². The van der Waals surface area contributed by atoms with E-state index < -0.39 is 20.7 Å². The monoisotopic (exact) mass is 352 g/mol. The minimum atomic E-state index is -3.87. The van der Waals surface area contributed by atoms with E-state index in [1.807, 2.05) is 0 Å². The molecule has 0 aliphatic rings. The van der Waals surface area contributed by atoms with E-state index in [2.05, 4.69) is 34.5 Å². The summed E-state index contributed by atoms with van der Waals surface area (Å²) < 4.78 is 40.2. The molecule has 1 rings (SSSR count). The maximum Gasteiger partial charge on any atom is 0.243 e. The molecular formula is C12H18BrFN2O2S. The number of nitrogens with two attached hydrogens (primary N) is 1. The molecule has 108 valence electrons. The standard InChI is InChI=1S/C12H18BrFN2O2S/c1-8(2)4-3-5-16-19(17,18)11-7-9(15)6-10(13)12(11)14/h6-8,16H,3-5,15H2,1-2H3.